The van der Waals surface area contributed by atoms with E-state index in [9.17, 15) is 4.79 Å². The lowest BCUT2D eigenvalue weighted by molar-refractivity contribution is -0.124. The van der Waals surface area contributed by atoms with Crippen molar-refractivity contribution < 1.29 is 9.53 Å². The lowest BCUT2D eigenvalue weighted by Crippen LogP contribution is -2.19. The van der Waals surface area contributed by atoms with Crippen molar-refractivity contribution in [3.8, 4) is 0 Å². The van der Waals surface area contributed by atoms with Crippen molar-refractivity contribution >= 4 is 5.78 Å². The average molecular weight is 156 g/mol. The van der Waals surface area contributed by atoms with Gasteiger partial charge in [0.05, 0.1) is 0 Å². The van der Waals surface area contributed by atoms with Gasteiger partial charge in [-0.15, -0.1) is 0 Å². The number of allylic oxidation sites excluding steroid dienone is 1. The molecule has 0 heterocycles. The third-order valence-corrected chi connectivity index (χ3v) is 1.40. The van der Waals surface area contributed by atoms with Crippen LogP contribution in [0.2, 0.25) is 0 Å². The van der Waals surface area contributed by atoms with E-state index < -0.39 is 0 Å². The van der Waals surface area contributed by atoms with Crippen molar-refractivity contribution in [3.63, 3.8) is 0 Å². The number of hydrogen-bond acceptors (Lipinski definition) is 2. The predicted octanol–water partition coefficient (Wildman–Crippen LogP) is 1.95. The Bertz CT molecular complexity index is 151. The van der Waals surface area contributed by atoms with Crippen LogP contribution in [0.5, 0.6) is 0 Å². The summed E-state index contributed by atoms with van der Waals surface area (Å²) in [5.41, 5.74) is 1.02. The SMILES string of the molecule is CCC(OC)C(=O)C=C(C)C. The molecule has 1 unspecified atom stereocenters. The highest BCUT2D eigenvalue weighted by molar-refractivity contribution is 5.93. The molecule has 2 heteroatoms. The third kappa shape index (κ3) is 3.94. The Morgan fingerprint density at radius 3 is 2.36 bits per heavy atom. The van der Waals surface area contributed by atoms with Crippen LogP contribution >= 0.6 is 0 Å². The van der Waals surface area contributed by atoms with Crippen LogP contribution in [-0.4, -0.2) is 19.0 Å². The van der Waals surface area contributed by atoms with Crippen molar-refractivity contribution in [1.29, 1.82) is 0 Å². The fourth-order valence-electron chi connectivity index (χ4n) is 0.861. The van der Waals surface area contributed by atoms with Gasteiger partial charge in [0.15, 0.2) is 5.78 Å². The Morgan fingerprint density at radius 1 is 1.55 bits per heavy atom. The maximum atomic E-state index is 11.2. The molecule has 0 aliphatic carbocycles. The first-order chi connectivity index (χ1) is 5.11. The van der Waals surface area contributed by atoms with Crippen molar-refractivity contribution in [2.75, 3.05) is 7.11 Å². The van der Waals surface area contributed by atoms with Crippen LogP contribution in [0.3, 0.4) is 0 Å². The summed E-state index contributed by atoms with van der Waals surface area (Å²) >= 11 is 0. The second-order valence-corrected chi connectivity index (χ2v) is 2.76. The summed E-state index contributed by atoms with van der Waals surface area (Å²) in [5, 5.41) is 0. The van der Waals surface area contributed by atoms with Crippen LogP contribution in [0.25, 0.3) is 0 Å². The van der Waals surface area contributed by atoms with Gasteiger partial charge in [-0.25, -0.2) is 0 Å². The summed E-state index contributed by atoms with van der Waals surface area (Å²) in [6.45, 7) is 5.74. The number of ketones is 1. The quantitative estimate of drug-likeness (QED) is 0.581. The van der Waals surface area contributed by atoms with E-state index >= 15 is 0 Å². The molecule has 0 aromatic rings. The van der Waals surface area contributed by atoms with Gasteiger partial charge in [-0.1, -0.05) is 12.5 Å². The second-order valence-electron chi connectivity index (χ2n) is 2.76. The molecule has 11 heavy (non-hydrogen) atoms. The lowest BCUT2D eigenvalue weighted by Gasteiger charge is -2.08. The van der Waals surface area contributed by atoms with Crippen LogP contribution in [0, 0.1) is 0 Å². The van der Waals surface area contributed by atoms with E-state index in [1.165, 1.54) is 0 Å². The summed E-state index contributed by atoms with van der Waals surface area (Å²) in [4.78, 5) is 11.2. The molecule has 0 amide bonds. The van der Waals surface area contributed by atoms with E-state index in [0.717, 1.165) is 12.0 Å². The summed E-state index contributed by atoms with van der Waals surface area (Å²) in [6, 6.07) is 0. The van der Waals surface area contributed by atoms with Crippen molar-refractivity contribution in [3.05, 3.63) is 11.6 Å². The van der Waals surface area contributed by atoms with Gasteiger partial charge in [-0.05, 0) is 26.3 Å². The molecule has 0 N–H and O–H groups in total. The van der Waals surface area contributed by atoms with Gasteiger partial charge in [-0.2, -0.15) is 0 Å². The Balaban J connectivity index is 4.11. The van der Waals surface area contributed by atoms with Gasteiger partial charge in [0, 0.05) is 7.11 Å². The topological polar surface area (TPSA) is 26.3 Å². The zero-order valence-corrected chi connectivity index (χ0v) is 7.68. The minimum atomic E-state index is -0.259. The summed E-state index contributed by atoms with van der Waals surface area (Å²) < 4.78 is 4.97. The van der Waals surface area contributed by atoms with Gasteiger partial charge >= 0.3 is 0 Å². The number of hydrogen-bond donors (Lipinski definition) is 0. The first-order valence-corrected chi connectivity index (χ1v) is 3.83. The molecule has 0 spiro atoms. The summed E-state index contributed by atoms with van der Waals surface area (Å²) in [7, 11) is 1.56. The molecule has 1 atom stereocenters. The number of carbonyl (C=O) groups excluding carboxylic acids is 1. The zero-order chi connectivity index (χ0) is 8.85. The third-order valence-electron chi connectivity index (χ3n) is 1.40. The largest absolute Gasteiger partial charge is 0.373 e. The van der Waals surface area contributed by atoms with E-state index in [0.29, 0.717) is 0 Å². The highest BCUT2D eigenvalue weighted by Crippen LogP contribution is 2.01. The predicted molar refractivity (Wildman–Crippen MR) is 45.5 cm³/mol. The molecule has 2 nitrogen and oxygen atoms in total. The van der Waals surface area contributed by atoms with E-state index in [4.69, 9.17) is 4.74 Å². The molecule has 0 bridgehead atoms. The van der Waals surface area contributed by atoms with Crippen LogP contribution in [-0.2, 0) is 9.53 Å². The molecular formula is C9H16O2. The van der Waals surface area contributed by atoms with E-state index in [-0.39, 0.29) is 11.9 Å². The normalized spacial score (nSPS) is 12.4. The molecule has 0 aromatic heterocycles. The Labute approximate surface area is 68.2 Å². The molecule has 0 rings (SSSR count). The Hall–Kier alpha value is -0.630. The molecule has 0 radical (unpaired) electrons. The minimum Gasteiger partial charge on any atom is -0.373 e. The summed E-state index contributed by atoms with van der Waals surface area (Å²) in [5.74, 6) is 0.0648. The molecule has 0 fully saturated rings. The van der Waals surface area contributed by atoms with Crippen LogP contribution in [0.1, 0.15) is 27.2 Å². The highest BCUT2D eigenvalue weighted by atomic mass is 16.5. The standard InChI is InChI=1S/C9H16O2/c1-5-9(11-4)8(10)6-7(2)3/h6,9H,5H2,1-4H3. The molecular weight excluding hydrogens is 140 g/mol. The van der Waals surface area contributed by atoms with Gasteiger partial charge in [0.2, 0.25) is 0 Å². The van der Waals surface area contributed by atoms with Crippen molar-refractivity contribution in [2.45, 2.75) is 33.3 Å². The van der Waals surface area contributed by atoms with Gasteiger partial charge in [0.1, 0.15) is 6.10 Å². The average Bonchev–Trinajstić information content (AvgIpc) is 1.88. The second kappa shape index (κ2) is 5.08. The highest BCUT2D eigenvalue weighted by Gasteiger charge is 2.11. The molecule has 0 aliphatic heterocycles. The molecule has 0 saturated carbocycles. The molecule has 0 aliphatic rings. The maximum Gasteiger partial charge on any atom is 0.184 e. The van der Waals surface area contributed by atoms with Crippen LogP contribution in [0.15, 0.2) is 11.6 Å². The smallest absolute Gasteiger partial charge is 0.184 e. The van der Waals surface area contributed by atoms with Crippen LogP contribution in [0.4, 0.5) is 0 Å². The number of carbonyl (C=O) groups is 1. The fraction of sp³-hybridized carbons (Fsp3) is 0.667. The number of ether oxygens (including phenoxy) is 1. The number of rotatable bonds is 4. The lowest BCUT2D eigenvalue weighted by atomic mass is 10.1. The van der Waals surface area contributed by atoms with Gasteiger partial charge < -0.3 is 4.74 Å². The Kier molecular flexibility index (Phi) is 4.79. The van der Waals surface area contributed by atoms with Crippen molar-refractivity contribution in [1.82, 2.24) is 0 Å². The molecule has 0 aromatic carbocycles. The van der Waals surface area contributed by atoms with Gasteiger partial charge in [0.25, 0.3) is 0 Å². The number of methoxy groups -OCH3 is 1. The summed E-state index contributed by atoms with van der Waals surface area (Å²) in [6.07, 6.45) is 2.10. The first kappa shape index (κ1) is 10.4. The first-order valence-electron chi connectivity index (χ1n) is 3.83. The van der Waals surface area contributed by atoms with E-state index in [2.05, 4.69) is 0 Å². The van der Waals surface area contributed by atoms with E-state index in [1.807, 2.05) is 20.8 Å². The Morgan fingerprint density at radius 2 is 2.09 bits per heavy atom. The fourth-order valence-corrected chi connectivity index (χ4v) is 0.861. The molecule has 64 valence electrons. The minimum absolute atomic E-state index is 0.0648. The van der Waals surface area contributed by atoms with Crippen LogP contribution < -0.4 is 0 Å². The van der Waals surface area contributed by atoms with Crippen molar-refractivity contribution in [2.24, 2.45) is 0 Å². The maximum absolute atomic E-state index is 11.2. The van der Waals surface area contributed by atoms with Gasteiger partial charge in [-0.3, -0.25) is 4.79 Å². The zero-order valence-electron chi connectivity index (χ0n) is 7.68. The monoisotopic (exact) mass is 156 g/mol. The molecule has 0 saturated heterocycles. The van der Waals surface area contributed by atoms with E-state index in [1.54, 1.807) is 13.2 Å².